The molecule has 0 unspecified atom stereocenters. The highest BCUT2D eigenvalue weighted by atomic mass is 16.5. The minimum absolute atomic E-state index is 0.218. The third-order valence-corrected chi connectivity index (χ3v) is 8.23. The molecular formula is C26H34N4O2. The van der Waals surface area contributed by atoms with Gasteiger partial charge in [0.25, 0.3) is 0 Å². The number of hydrogen-bond donors (Lipinski definition) is 0. The number of nitrogens with zero attached hydrogens (tertiary/aromatic N) is 4. The molecule has 1 aromatic heterocycles. The van der Waals surface area contributed by atoms with E-state index in [4.69, 9.17) is 9.47 Å². The van der Waals surface area contributed by atoms with Crippen molar-refractivity contribution in [2.24, 2.45) is 5.41 Å². The Bertz CT molecular complexity index is 903. The lowest BCUT2D eigenvalue weighted by molar-refractivity contribution is 0.127. The summed E-state index contributed by atoms with van der Waals surface area (Å²) in [5, 5.41) is 0. The predicted octanol–water partition coefficient (Wildman–Crippen LogP) is 3.88. The Morgan fingerprint density at radius 1 is 1.00 bits per heavy atom. The monoisotopic (exact) mass is 434 g/mol. The molecule has 3 saturated heterocycles. The number of aromatic nitrogens is 2. The zero-order valence-electron chi connectivity index (χ0n) is 18.9. The number of anilines is 1. The zero-order chi connectivity index (χ0) is 21.4. The van der Waals surface area contributed by atoms with E-state index in [9.17, 15) is 0 Å². The lowest BCUT2D eigenvalue weighted by Gasteiger charge is -2.50. The molecule has 6 heteroatoms. The van der Waals surface area contributed by atoms with Crippen molar-refractivity contribution in [1.29, 1.82) is 0 Å². The van der Waals surface area contributed by atoms with Gasteiger partial charge >= 0.3 is 0 Å². The van der Waals surface area contributed by atoms with Crippen LogP contribution < -0.4 is 9.64 Å². The molecule has 1 aromatic carbocycles. The number of piperidine rings is 1. The summed E-state index contributed by atoms with van der Waals surface area (Å²) in [6.07, 6.45) is 13.3. The molecule has 4 aliphatic rings. The van der Waals surface area contributed by atoms with Crippen molar-refractivity contribution in [3.8, 4) is 5.75 Å². The number of likely N-dealkylation sites (tertiary alicyclic amines) is 1. The summed E-state index contributed by atoms with van der Waals surface area (Å²) in [6.45, 7) is 6.31. The number of benzene rings is 1. The molecule has 3 aliphatic heterocycles. The summed E-state index contributed by atoms with van der Waals surface area (Å²) >= 11 is 0. The van der Waals surface area contributed by atoms with Gasteiger partial charge in [-0.2, -0.15) is 0 Å². The third-order valence-electron chi connectivity index (χ3n) is 8.23. The Kier molecular flexibility index (Phi) is 5.51. The first-order chi connectivity index (χ1) is 15.8. The minimum Gasteiger partial charge on any atom is -0.488 e. The second-order valence-electron chi connectivity index (χ2n) is 10.3. The molecule has 4 fully saturated rings. The van der Waals surface area contributed by atoms with E-state index in [1.54, 1.807) is 6.33 Å². The summed E-state index contributed by atoms with van der Waals surface area (Å²) < 4.78 is 11.8. The van der Waals surface area contributed by atoms with E-state index >= 15 is 0 Å². The Balaban J connectivity index is 1.03. The molecule has 2 aromatic rings. The average Bonchev–Trinajstić information content (AvgIpc) is 3.50. The Labute approximate surface area is 190 Å². The average molecular weight is 435 g/mol. The molecule has 6 nitrogen and oxygen atoms in total. The standard InChI is InChI=1S/C26H34N4O2/c1-2-4-25(32-23-8-12-31-16-23)24(3-1)20-6-10-29(11-7-20)21-5-9-26(13-21)17-30(18-26)22-14-27-19-28-15-22/h1-4,14-15,19-21,23H,5-13,16-18H2/t21-,23-/m1/s1. The van der Waals surface area contributed by atoms with Gasteiger partial charge in [-0.15, -0.1) is 0 Å². The lowest BCUT2D eigenvalue weighted by Crippen LogP contribution is -2.56. The number of rotatable bonds is 5. The highest BCUT2D eigenvalue weighted by Crippen LogP contribution is 2.49. The second-order valence-corrected chi connectivity index (χ2v) is 10.3. The smallest absolute Gasteiger partial charge is 0.124 e. The van der Waals surface area contributed by atoms with E-state index in [1.165, 1.54) is 69.5 Å². The maximum absolute atomic E-state index is 6.33. The van der Waals surface area contributed by atoms with Gasteiger partial charge in [-0.05, 0) is 62.7 Å². The molecule has 0 amide bonds. The van der Waals surface area contributed by atoms with Crippen LogP contribution in [0.1, 0.15) is 50.0 Å². The highest BCUT2D eigenvalue weighted by Gasteiger charge is 2.49. The quantitative estimate of drug-likeness (QED) is 0.712. The number of para-hydroxylation sites is 1. The SMILES string of the molecule is c1ccc(C2CCN([C@@H]3CCC4(C3)CN(c3cncnc3)C4)CC2)c(O[C@@H]2CCOC2)c1. The van der Waals surface area contributed by atoms with Gasteiger partial charge in [-0.3, -0.25) is 0 Å². The van der Waals surface area contributed by atoms with Crippen molar-refractivity contribution >= 4 is 5.69 Å². The molecule has 0 N–H and O–H groups in total. The van der Waals surface area contributed by atoms with Crippen LogP contribution in [0.3, 0.4) is 0 Å². The minimum atomic E-state index is 0.218. The normalized spacial score (nSPS) is 28.2. The molecule has 0 bridgehead atoms. The maximum Gasteiger partial charge on any atom is 0.124 e. The van der Waals surface area contributed by atoms with E-state index in [0.29, 0.717) is 11.3 Å². The van der Waals surface area contributed by atoms with E-state index in [0.717, 1.165) is 31.4 Å². The van der Waals surface area contributed by atoms with Crippen LogP contribution in [0.15, 0.2) is 43.0 Å². The van der Waals surface area contributed by atoms with Crippen LogP contribution in [-0.4, -0.2) is 66.4 Å². The largest absolute Gasteiger partial charge is 0.488 e. The third kappa shape index (κ3) is 3.99. The van der Waals surface area contributed by atoms with Gasteiger partial charge in [0.15, 0.2) is 0 Å². The lowest BCUT2D eigenvalue weighted by atomic mass is 9.77. The van der Waals surface area contributed by atoms with Gasteiger partial charge in [-0.25, -0.2) is 9.97 Å². The zero-order valence-corrected chi connectivity index (χ0v) is 18.9. The Morgan fingerprint density at radius 3 is 2.59 bits per heavy atom. The molecule has 1 aliphatic carbocycles. The topological polar surface area (TPSA) is 50.7 Å². The van der Waals surface area contributed by atoms with Gasteiger partial charge in [-0.1, -0.05) is 18.2 Å². The fourth-order valence-electron chi connectivity index (χ4n) is 6.46. The van der Waals surface area contributed by atoms with Crippen LogP contribution >= 0.6 is 0 Å². The fourth-order valence-corrected chi connectivity index (χ4v) is 6.46. The van der Waals surface area contributed by atoms with Gasteiger partial charge in [0.1, 0.15) is 18.2 Å². The van der Waals surface area contributed by atoms with Crippen molar-refractivity contribution in [1.82, 2.24) is 14.9 Å². The number of hydrogen-bond acceptors (Lipinski definition) is 6. The maximum atomic E-state index is 6.33. The molecule has 6 rings (SSSR count). The molecular weight excluding hydrogens is 400 g/mol. The summed E-state index contributed by atoms with van der Waals surface area (Å²) in [5.74, 6) is 1.69. The van der Waals surface area contributed by atoms with E-state index in [1.807, 2.05) is 12.4 Å². The first kappa shape index (κ1) is 20.4. The summed E-state index contributed by atoms with van der Waals surface area (Å²) in [4.78, 5) is 13.6. The van der Waals surface area contributed by atoms with Crippen LogP contribution in [0.2, 0.25) is 0 Å². The van der Waals surface area contributed by atoms with E-state index < -0.39 is 0 Å². The molecule has 170 valence electrons. The molecule has 4 heterocycles. The molecule has 0 radical (unpaired) electrons. The Hall–Kier alpha value is -2.18. The highest BCUT2D eigenvalue weighted by molar-refractivity contribution is 5.46. The summed E-state index contributed by atoms with van der Waals surface area (Å²) in [6, 6.07) is 9.46. The molecule has 1 spiro atoms. The van der Waals surface area contributed by atoms with Gasteiger partial charge in [0, 0.05) is 31.0 Å². The van der Waals surface area contributed by atoms with Crippen LogP contribution in [0.25, 0.3) is 0 Å². The van der Waals surface area contributed by atoms with Crippen LogP contribution in [0.4, 0.5) is 5.69 Å². The second kappa shape index (κ2) is 8.64. The predicted molar refractivity (Wildman–Crippen MR) is 124 cm³/mol. The van der Waals surface area contributed by atoms with Crippen LogP contribution in [-0.2, 0) is 4.74 Å². The van der Waals surface area contributed by atoms with Gasteiger partial charge in [0.05, 0.1) is 31.3 Å². The van der Waals surface area contributed by atoms with Gasteiger partial charge in [0.2, 0.25) is 0 Å². The van der Waals surface area contributed by atoms with Crippen molar-refractivity contribution in [2.45, 2.75) is 56.6 Å². The first-order valence-corrected chi connectivity index (χ1v) is 12.4. The van der Waals surface area contributed by atoms with Crippen molar-refractivity contribution < 1.29 is 9.47 Å². The molecule has 32 heavy (non-hydrogen) atoms. The van der Waals surface area contributed by atoms with Crippen molar-refractivity contribution in [2.75, 3.05) is 44.3 Å². The van der Waals surface area contributed by atoms with E-state index in [-0.39, 0.29) is 6.10 Å². The summed E-state index contributed by atoms with van der Waals surface area (Å²) in [7, 11) is 0. The van der Waals surface area contributed by atoms with Crippen LogP contribution in [0, 0.1) is 5.41 Å². The van der Waals surface area contributed by atoms with Crippen molar-refractivity contribution in [3.05, 3.63) is 48.5 Å². The first-order valence-electron chi connectivity index (χ1n) is 12.4. The fraction of sp³-hybridized carbons (Fsp3) is 0.615. The van der Waals surface area contributed by atoms with Crippen molar-refractivity contribution in [3.63, 3.8) is 0 Å². The molecule has 1 saturated carbocycles. The number of ether oxygens (including phenoxy) is 2. The summed E-state index contributed by atoms with van der Waals surface area (Å²) in [5.41, 5.74) is 3.09. The van der Waals surface area contributed by atoms with E-state index in [2.05, 4.69) is 44.0 Å². The van der Waals surface area contributed by atoms with Gasteiger partial charge < -0.3 is 19.3 Å². The molecule has 2 atom stereocenters. The Morgan fingerprint density at radius 2 is 1.81 bits per heavy atom. The van der Waals surface area contributed by atoms with Crippen LogP contribution in [0.5, 0.6) is 5.75 Å².